The van der Waals surface area contributed by atoms with E-state index in [0.717, 1.165) is 17.9 Å². The van der Waals surface area contributed by atoms with E-state index in [1.54, 1.807) is 6.92 Å². The molecule has 0 radical (unpaired) electrons. The molecule has 0 saturated heterocycles. The van der Waals surface area contributed by atoms with E-state index in [4.69, 9.17) is 17.0 Å². The van der Waals surface area contributed by atoms with Gasteiger partial charge in [-0.1, -0.05) is 6.92 Å². The third kappa shape index (κ3) is 6.44. The summed E-state index contributed by atoms with van der Waals surface area (Å²) in [5.74, 6) is 0.752. The second-order valence-electron chi connectivity index (χ2n) is 4.57. The zero-order valence-electron chi connectivity index (χ0n) is 12.7. The van der Waals surface area contributed by atoms with E-state index in [9.17, 15) is 4.79 Å². The van der Waals surface area contributed by atoms with E-state index < -0.39 is 0 Å². The molecule has 0 aliphatic carbocycles. The summed E-state index contributed by atoms with van der Waals surface area (Å²) < 4.78 is 5.37. The fourth-order valence-corrected chi connectivity index (χ4v) is 1.93. The summed E-state index contributed by atoms with van der Waals surface area (Å²) in [6, 6.07) is 7.11. The van der Waals surface area contributed by atoms with Gasteiger partial charge >= 0.3 is 0 Å². The minimum absolute atomic E-state index is 0.0623. The van der Waals surface area contributed by atoms with Gasteiger partial charge in [0, 0.05) is 12.2 Å². The number of carbonyl (C=O) groups excluding carboxylic acids is 1. The minimum atomic E-state index is -0.376. The Labute approximate surface area is 131 Å². The van der Waals surface area contributed by atoms with Crippen molar-refractivity contribution in [2.75, 3.05) is 18.5 Å². The highest BCUT2D eigenvalue weighted by molar-refractivity contribution is 7.80. The molecule has 0 spiro atoms. The second kappa shape index (κ2) is 9.18. The lowest BCUT2D eigenvalue weighted by Crippen LogP contribution is -2.46. The Hall–Kier alpha value is -1.82. The SMILES string of the molecule is CCCNC(=O)[C@@H](C)NC(=S)Nc1ccc(OCC)cc1. The Morgan fingerprint density at radius 3 is 2.52 bits per heavy atom. The summed E-state index contributed by atoms with van der Waals surface area (Å²) in [7, 11) is 0. The Morgan fingerprint density at radius 1 is 1.29 bits per heavy atom. The van der Waals surface area contributed by atoms with E-state index in [2.05, 4.69) is 16.0 Å². The van der Waals surface area contributed by atoms with Crippen LogP contribution in [0, 0.1) is 0 Å². The van der Waals surface area contributed by atoms with Gasteiger partial charge in [0.2, 0.25) is 5.91 Å². The molecule has 0 bridgehead atoms. The molecule has 0 unspecified atom stereocenters. The number of amides is 1. The highest BCUT2D eigenvalue weighted by Crippen LogP contribution is 2.15. The van der Waals surface area contributed by atoms with E-state index in [-0.39, 0.29) is 11.9 Å². The molecule has 1 atom stereocenters. The molecule has 3 N–H and O–H groups in total. The highest BCUT2D eigenvalue weighted by atomic mass is 32.1. The molecule has 1 aromatic carbocycles. The first-order valence-electron chi connectivity index (χ1n) is 7.14. The van der Waals surface area contributed by atoms with E-state index in [1.807, 2.05) is 38.1 Å². The first-order valence-corrected chi connectivity index (χ1v) is 7.55. The quantitative estimate of drug-likeness (QED) is 0.675. The van der Waals surface area contributed by atoms with E-state index >= 15 is 0 Å². The number of thiocarbonyl (C=S) groups is 1. The standard InChI is InChI=1S/C15H23N3O2S/c1-4-10-16-14(19)11(3)17-15(21)18-12-6-8-13(9-7-12)20-5-2/h6-9,11H,4-5,10H2,1-3H3,(H,16,19)(H2,17,18,21)/t11-/m1/s1. The third-order valence-electron chi connectivity index (χ3n) is 2.71. The molecule has 1 aromatic rings. The summed E-state index contributed by atoms with van der Waals surface area (Å²) in [4.78, 5) is 11.7. The maximum atomic E-state index is 11.7. The predicted octanol–water partition coefficient (Wildman–Crippen LogP) is 2.29. The number of anilines is 1. The van der Waals surface area contributed by atoms with Crippen LogP contribution in [0.2, 0.25) is 0 Å². The van der Waals surface area contributed by atoms with Gasteiger partial charge < -0.3 is 20.7 Å². The van der Waals surface area contributed by atoms with Gasteiger partial charge in [-0.2, -0.15) is 0 Å². The van der Waals surface area contributed by atoms with Crippen LogP contribution in [0.15, 0.2) is 24.3 Å². The van der Waals surface area contributed by atoms with Crippen molar-refractivity contribution in [1.29, 1.82) is 0 Å². The Morgan fingerprint density at radius 2 is 1.95 bits per heavy atom. The summed E-state index contributed by atoms with van der Waals surface area (Å²) in [6.07, 6.45) is 0.910. The summed E-state index contributed by atoms with van der Waals surface area (Å²) in [5, 5.41) is 9.22. The molecule has 116 valence electrons. The van der Waals surface area contributed by atoms with Crippen molar-refractivity contribution in [1.82, 2.24) is 10.6 Å². The van der Waals surface area contributed by atoms with E-state index in [0.29, 0.717) is 18.3 Å². The molecule has 0 aromatic heterocycles. The summed E-state index contributed by atoms with van der Waals surface area (Å²) in [5.41, 5.74) is 0.845. The maximum absolute atomic E-state index is 11.7. The Bertz CT molecular complexity index is 462. The monoisotopic (exact) mass is 309 g/mol. The largest absolute Gasteiger partial charge is 0.494 e. The van der Waals surface area contributed by atoms with Crippen molar-refractivity contribution in [3.8, 4) is 5.75 Å². The molecule has 1 rings (SSSR count). The zero-order valence-corrected chi connectivity index (χ0v) is 13.5. The third-order valence-corrected chi connectivity index (χ3v) is 2.93. The Balaban J connectivity index is 2.43. The van der Waals surface area contributed by atoms with Gasteiger partial charge in [0.05, 0.1) is 6.61 Å². The van der Waals surface area contributed by atoms with E-state index in [1.165, 1.54) is 0 Å². The highest BCUT2D eigenvalue weighted by Gasteiger charge is 2.12. The molecule has 5 nitrogen and oxygen atoms in total. The van der Waals surface area contributed by atoms with Crippen LogP contribution in [0.25, 0.3) is 0 Å². The lowest BCUT2D eigenvalue weighted by atomic mass is 10.3. The van der Waals surface area contributed by atoms with Gasteiger partial charge in [-0.25, -0.2) is 0 Å². The van der Waals surface area contributed by atoms with Gasteiger partial charge in [0.15, 0.2) is 5.11 Å². The second-order valence-corrected chi connectivity index (χ2v) is 4.98. The first-order chi connectivity index (χ1) is 10.1. The molecule has 0 fully saturated rings. The minimum Gasteiger partial charge on any atom is -0.494 e. The van der Waals surface area contributed by atoms with Crippen molar-refractivity contribution < 1.29 is 9.53 Å². The van der Waals surface area contributed by atoms with Crippen molar-refractivity contribution in [3.05, 3.63) is 24.3 Å². The smallest absolute Gasteiger partial charge is 0.242 e. The van der Waals surface area contributed by atoms with Gasteiger partial charge in [-0.15, -0.1) is 0 Å². The molecule has 0 saturated carbocycles. The number of rotatable bonds is 7. The molecule has 0 aliphatic rings. The average molecular weight is 309 g/mol. The Kier molecular flexibility index (Phi) is 7.53. The van der Waals surface area contributed by atoms with Crippen LogP contribution in [-0.4, -0.2) is 30.2 Å². The number of hydrogen-bond donors (Lipinski definition) is 3. The average Bonchev–Trinajstić information content (AvgIpc) is 2.46. The summed E-state index contributed by atoms with van der Waals surface area (Å²) >= 11 is 5.19. The van der Waals surface area contributed by atoms with Crippen LogP contribution in [0.4, 0.5) is 5.69 Å². The molecule has 0 aliphatic heterocycles. The van der Waals surface area contributed by atoms with Crippen LogP contribution in [-0.2, 0) is 4.79 Å². The number of nitrogens with one attached hydrogen (secondary N) is 3. The molecule has 1 amide bonds. The molecule has 6 heteroatoms. The predicted molar refractivity (Wildman–Crippen MR) is 89.7 cm³/mol. The van der Waals surface area contributed by atoms with Gasteiger partial charge in [0.1, 0.15) is 11.8 Å². The molecule has 0 heterocycles. The molecular weight excluding hydrogens is 286 g/mol. The van der Waals surface area contributed by atoms with Gasteiger partial charge in [-0.05, 0) is 56.8 Å². The van der Waals surface area contributed by atoms with Crippen LogP contribution < -0.4 is 20.7 Å². The van der Waals surface area contributed by atoms with Crippen molar-refractivity contribution in [3.63, 3.8) is 0 Å². The first kappa shape index (κ1) is 17.2. The number of hydrogen-bond acceptors (Lipinski definition) is 3. The fourth-order valence-electron chi connectivity index (χ4n) is 1.63. The van der Waals surface area contributed by atoms with Crippen molar-refractivity contribution in [2.45, 2.75) is 33.2 Å². The van der Waals surface area contributed by atoms with Crippen LogP contribution >= 0.6 is 12.2 Å². The topological polar surface area (TPSA) is 62.4 Å². The fraction of sp³-hybridized carbons (Fsp3) is 0.467. The maximum Gasteiger partial charge on any atom is 0.242 e. The molecule has 21 heavy (non-hydrogen) atoms. The summed E-state index contributed by atoms with van der Waals surface area (Å²) in [6.45, 7) is 7.03. The van der Waals surface area contributed by atoms with Crippen LogP contribution in [0.5, 0.6) is 5.75 Å². The zero-order chi connectivity index (χ0) is 15.7. The molecular formula is C15H23N3O2S. The van der Waals surface area contributed by atoms with Gasteiger partial charge in [0.25, 0.3) is 0 Å². The van der Waals surface area contributed by atoms with Gasteiger partial charge in [-0.3, -0.25) is 4.79 Å². The van der Waals surface area contributed by atoms with Crippen LogP contribution in [0.1, 0.15) is 27.2 Å². The number of carbonyl (C=O) groups is 1. The van der Waals surface area contributed by atoms with Crippen molar-refractivity contribution in [2.24, 2.45) is 0 Å². The lowest BCUT2D eigenvalue weighted by molar-refractivity contribution is -0.122. The number of benzene rings is 1. The normalized spacial score (nSPS) is 11.4. The number of ether oxygens (including phenoxy) is 1. The lowest BCUT2D eigenvalue weighted by Gasteiger charge is -2.16. The van der Waals surface area contributed by atoms with Crippen molar-refractivity contribution >= 4 is 28.9 Å². The van der Waals surface area contributed by atoms with Crippen LogP contribution in [0.3, 0.4) is 0 Å².